The lowest BCUT2D eigenvalue weighted by atomic mass is 9.95. The fourth-order valence-electron chi connectivity index (χ4n) is 3.71. The lowest BCUT2D eigenvalue weighted by Crippen LogP contribution is -2.44. The van der Waals surface area contributed by atoms with Crippen molar-refractivity contribution >= 4 is 11.9 Å². The number of hydrogen-bond donors (Lipinski definition) is 2. The molecule has 2 N–H and O–H groups in total. The predicted octanol–water partition coefficient (Wildman–Crippen LogP) is 2.21. The summed E-state index contributed by atoms with van der Waals surface area (Å²) in [6.45, 7) is 6.08. The molecule has 1 aromatic rings. The average molecular weight is 376 g/mol. The summed E-state index contributed by atoms with van der Waals surface area (Å²) >= 11 is 0. The van der Waals surface area contributed by atoms with E-state index in [2.05, 4.69) is 5.32 Å². The Hall–Kier alpha value is -2.28. The molecule has 2 atom stereocenters. The van der Waals surface area contributed by atoms with Crippen LogP contribution in [0.15, 0.2) is 18.2 Å². The van der Waals surface area contributed by atoms with Gasteiger partial charge in [-0.25, -0.2) is 0 Å². The van der Waals surface area contributed by atoms with Crippen LogP contribution in [-0.4, -0.2) is 54.2 Å². The highest BCUT2D eigenvalue weighted by Gasteiger charge is 2.32. The molecule has 27 heavy (non-hydrogen) atoms. The standard InChI is InChI=1S/C20H28N2O5/c1-13(2)19(14-6-7-16-17(11-14)27-10-4-9-26-16)21-18(23)12-22-8-3-5-15(22)20(24)25/h6-7,11,13,15,19H,3-5,8-10,12H2,1-2H3,(H,21,23)(H,24,25)/t15-,19?/m1/s1. The van der Waals surface area contributed by atoms with Crippen LogP contribution in [0.3, 0.4) is 0 Å². The Morgan fingerprint density at radius 2 is 1.96 bits per heavy atom. The molecular weight excluding hydrogens is 348 g/mol. The number of aliphatic carboxylic acids is 1. The van der Waals surface area contributed by atoms with Gasteiger partial charge in [0.15, 0.2) is 11.5 Å². The SMILES string of the molecule is CC(C)C(NC(=O)CN1CCC[C@@H]1C(=O)O)c1ccc2c(c1)OCCCO2. The van der Waals surface area contributed by atoms with Crippen LogP contribution >= 0.6 is 0 Å². The second-order valence-corrected chi connectivity index (χ2v) is 7.51. The number of carboxylic acids is 1. The Labute approximate surface area is 159 Å². The molecule has 148 valence electrons. The van der Waals surface area contributed by atoms with E-state index in [0.717, 1.165) is 24.2 Å². The second kappa shape index (κ2) is 8.61. The van der Waals surface area contributed by atoms with E-state index in [0.29, 0.717) is 31.9 Å². The number of nitrogens with one attached hydrogen (secondary N) is 1. The highest BCUT2D eigenvalue weighted by molar-refractivity contribution is 5.80. The van der Waals surface area contributed by atoms with Crippen LogP contribution in [0.5, 0.6) is 11.5 Å². The molecule has 1 saturated heterocycles. The van der Waals surface area contributed by atoms with E-state index in [9.17, 15) is 14.7 Å². The number of likely N-dealkylation sites (tertiary alicyclic amines) is 1. The van der Waals surface area contributed by atoms with Crippen molar-refractivity contribution in [1.82, 2.24) is 10.2 Å². The van der Waals surface area contributed by atoms with E-state index in [1.54, 1.807) is 4.90 Å². The van der Waals surface area contributed by atoms with Crippen molar-refractivity contribution < 1.29 is 24.2 Å². The Morgan fingerprint density at radius 3 is 2.67 bits per heavy atom. The minimum atomic E-state index is -0.858. The third kappa shape index (κ3) is 4.71. The summed E-state index contributed by atoms with van der Waals surface area (Å²) in [5.74, 6) is 0.590. The highest BCUT2D eigenvalue weighted by Crippen LogP contribution is 2.34. The second-order valence-electron chi connectivity index (χ2n) is 7.51. The topological polar surface area (TPSA) is 88.1 Å². The number of nitrogens with zero attached hydrogens (tertiary/aromatic N) is 1. The molecule has 7 nitrogen and oxygen atoms in total. The van der Waals surface area contributed by atoms with E-state index in [1.165, 1.54) is 0 Å². The maximum atomic E-state index is 12.6. The van der Waals surface area contributed by atoms with Crippen molar-refractivity contribution in [3.05, 3.63) is 23.8 Å². The highest BCUT2D eigenvalue weighted by atomic mass is 16.5. The van der Waals surface area contributed by atoms with Crippen LogP contribution in [0.25, 0.3) is 0 Å². The molecule has 2 aliphatic heterocycles. The number of carbonyl (C=O) groups is 2. The number of amides is 1. The number of carboxylic acid groups (broad SMARTS) is 1. The molecule has 1 amide bonds. The Kier molecular flexibility index (Phi) is 6.21. The lowest BCUT2D eigenvalue weighted by Gasteiger charge is -2.26. The summed E-state index contributed by atoms with van der Waals surface area (Å²) in [5, 5.41) is 12.4. The van der Waals surface area contributed by atoms with E-state index in [1.807, 2.05) is 32.0 Å². The van der Waals surface area contributed by atoms with Gasteiger partial charge in [-0.2, -0.15) is 0 Å². The average Bonchev–Trinajstić information content (AvgIpc) is 2.95. The first-order valence-corrected chi connectivity index (χ1v) is 9.61. The lowest BCUT2D eigenvalue weighted by molar-refractivity contribution is -0.142. The molecule has 1 fully saturated rings. The first kappa shape index (κ1) is 19.5. The van der Waals surface area contributed by atoms with Gasteiger partial charge in [0.25, 0.3) is 0 Å². The maximum Gasteiger partial charge on any atom is 0.320 e. The van der Waals surface area contributed by atoms with Crippen LogP contribution < -0.4 is 14.8 Å². The minimum absolute atomic E-state index is 0.102. The van der Waals surface area contributed by atoms with E-state index in [-0.39, 0.29) is 24.4 Å². The molecule has 0 aromatic heterocycles. The van der Waals surface area contributed by atoms with Gasteiger partial charge < -0.3 is 19.9 Å². The van der Waals surface area contributed by atoms with Gasteiger partial charge in [-0.1, -0.05) is 19.9 Å². The third-order valence-electron chi connectivity index (χ3n) is 5.11. The molecule has 0 bridgehead atoms. The van der Waals surface area contributed by atoms with E-state index >= 15 is 0 Å². The Morgan fingerprint density at radius 1 is 1.22 bits per heavy atom. The number of benzene rings is 1. The van der Waals surface area contributed by atoms with E-state index < -0.39 is 12.0 Å². The summed E-state index contributed by atoms with van der Waals surface area (Å²) in [6.07, 6.45) is 2.24. The zero-order valence-electron chi connectivity index (χ0n) is 15.9. The summed E-state index contributed by atoms with van der Waals surface area (Å²) in [4.78, 5) is 25.6. The van der Waals surface area contributed by atoms with Crippen molar-refractivity contribution in [3.8, 4) is 11.5 Å². The number of hydrogen-bond acceptors (Lipinski definition) is 5. The van der Waals surface area contributed by atoms with Gasteiger partial charge in [0.1, 0.15) is 6.04 Å². The predicted molar refractivity (Wildman–Crippen MR) is 100 cm³/mol. The summed E-state index contributed by atoms with van der Waals surface area (Å²) in [5.41, 5.74) is 0.957. The number of fused-ring (bicyclic) bond motifs is 1. The maximum absolute atomic E-state index is 12.6. The van der Waals surface area contributed by atoms with Gasteiger partial charge in [-0.15, -0.1) is 0 Å². The van der Waals surface area contributed by atoms with Gasteiger partial charge in [0.2, 0.25) is 5.91 Å². The van der Waals surface area contributed by atoms with Gasteiger partial charge >= 0.3 is 5.97 Å². The van der Waals surface area contributed by atoms with Crippen molar-refractivity contribution in [1.29, 1.82) is 0 Å². The summed E-state index contributed by atoms with van der Waals surface area (Å²) in [7, 11) is 0. The number of carbonyl (C=O) groups excluding carboxylic acids is 1. The van der Waals surface area contributed by atoms with Crippen LogP contribution in [0.4, 0.5) is 0 Å². The first-order valence-electron chi connectivity index (χ1n) is 9.61. The normalized spacial score (nSPS) is 20.9. The molecule has 2 heterocycles. The van der Waals surface area contributed by atoms with Crippen LogP contribution in [0.2, 0.25) is 0 Å². The van der Waals surface area contributed by atoms with Crippen LogP contribution in [-0.2, 0) is 9.59 Å². The van der Waals surface area contributed by atoms with Gasteiger partial charge in [-0.05, 0) is 43.0 Å². The molecule has 0 spiro atoms. The Bertz CT molecular complexity index is 691. The van der Waals surface area contributed by atoms with Crippen LogP contribution in [0, 0.1) is 5.92 Å². The third-order valence-corrected chi connectivity index (χ3v) is 5.11. The van der Waals surface area contributed by atoms with Crippen molar-refractivity contribution in [2.24, 2.45) is 5.92 Å². The monoisotopic (exact) mass is 376 g/mol. The van der Waals surface area contributed by atoms with Crippen molar-refractivity contribution in [2.45, 2.75) is 45.2 Å². The van der Waals surface area contributed by atoms with Crippen molar-refractivity contribution in [3.63, 3.8) is 0 Å². The van der Waals surface area contributed by atoms with E-state index in [4.69, 9.17) is 9.47 Å². The quantitative estimate of drug-likeness (QED) is 0.791. The van der Waals surface area contributed by atoms with Crippen LogP contribution in [0.1, 0.15) is 44.7 Å². The molecule has 0 saturated carbocycles. The summed E-state index contributed by atoms with van der Waals surface area (Å²) < 4.78 is 11.4. The molecule has 0 radical (unpaired) electrons. The largest absolute Gasteiger partial charge is 0.490 e. The fraction of sp³-hybridized carbons (Fsp3) is 0.600. The minimum Gasteiger partial charge on any atom is -0.490 e. The molecular formula is C20H28N2O5. The van der Waals surface area contributed by atoms with Crippen molar-refractivity contribution in [2.75, 3.05) is 26.3 Å². The first-order chi connectivity index (χ1) is 13.0. The van der Waals surface area contributed by atoms with Gasteiger partial charge in [0, 0.05) is 6.42 Å². The smallest absolute Gasteiger partial charge is 0.320 e. The zero-order chi connectivity index (χ0) is 19.4. The molecule has 0 aliphatic carbocycles. The van der Waals surface area contributed by atoms with Gasteiger partial charge in [0.05, 0.1) is 25.8 Å². The van der Waals surface area contributed by atoms with Gasteiger partial charge in [-0.3, -0.25) is 14.5 Å². The summed E-state index contributed by atoms with van der Waals surface area (Å²) in [6, 6.07) is 5.03. The molecule has 1 unspecified atom stereocenters. The zero-order valence-corrected chi connectivity index (χ0v) is 15.9. The number of rotatable bonds is 6. The molecule has 3 rings (SSSR count). The molecule has 1 aromatic carbocycles. The fourth-order valence-corrected chi connectivity index (χ4v) is 3.71. The number of ether oxygens (including phenoxy) is 2. The molecule has 2 aliphatic rings. The molecule has 7 heteroatoms. The Balaban J connectivity index is 1.69.